The van der Waals surface area contributed by atoms with Gasteiger partial charge >= 0.3 is 0 Å². The molecule has 0 aliphatic heterocycles. The maximum absolute atomic E-state index is 12.7. The number of nitrogens with zero attached hydrogens (tertiary/aromatic N) is 1. The molecule has 0 radical (unpaired) electrons. The van der Waals surface area contributed by atoms with Gasteiger partial charge < -0.3 is 9.64 Å². The van der Waals surface area contributed by atoms with E-state index in [-0.39, 0.29) is 5.91 Å². The van der Waals surface area contributed by atoms with E-state index < -0.39 is 0 Å². The molecule has 4 heteroatoms. The van der Waals surface area contributed by atoms with E-state index in [2.05, 4.69) is 16.8 Å². The van der Waals surface area contributed by atoms with E-state index in [0.29, 0.717) is 18.2 Å². The first-order valence-electron chi connectivity index (χ1n) is 6.74. The van der Waals surface area contributed by atoms with Gasteiger partial charge in [-0.1, -0.05) is 6.07 Å². The smallest absolute Gasteiger partial charge is 0.254 e. The molecule has 3 nitrogen and oxygen atoms in total. The van der Waals surface area contributed by atoms with Gasteiger partial charge in [0.25, 0.3) is 5.91 Å². The Balaban J connectivity index is 1.81. The summed E-state index contributed by atoms with van der Waals surface area (Å²) >= 11 is 1.67. The number of methoxy groups -OCH3 is 1. The van der Waals surface area contributed by atoms with Crippen molar-refractivity contribution >= 4 is 17.2 Å². The molecule has 1 aliphatic carbocycles. The lowest BCUT2D eigenvalue weighted by molar-refractivity contribution is 0.0730. The molecule has 1 aliphatic rings. The van der Waals surface area contributed by atoms with Gasteiger partial charge in [0.05, 0.1) is 7.11 Å². The zero-order valence-corrected chi connectivity index (χ0v) is 12.2. The number of benzene rings is 1. The van der Waals surface area contributed by atoms with Crippen LogP contribution in [0.2, 0.25) is 0 Å². The van der Waals surface area contributed by atoms with Crippen molar-refractivity contribution < 1.29 is 9.53 Å². The minimum absolute atomic E-state index is 0.0950. The highest BCUT2D eigenvalue weighted by molar-refractivity contribution is 7.07. The van der Waals surface area contributed by atoms with Crippen LogP contribution in [0.15, 0.2) is 41.1 Å². The van der Waals surface area contributed by atoms with Crippen molar-refractivity contribution in [3.05, 3.63) is 52.2 Å². The van der Waals surface area contributed by atoms with Crippen LogP contribution in [0.1, 0.15) is 28.8 Å². The number of thiophene rings is 1. The van der Waals surface area contributed by atoms with Gasteiger partial charge in [-0.05, 0) is 53.4 Å². The number of amides is 1. The molecular weight excluding hydrogens is 270 g/mol. The molecule has 0 saturated heterocycles. The molecule has 1 aromatic carbocycles. The summed E-state index contributed by atoms with van der Waals surface area (Å²) < 4.78 is 5.20. The van der Waals surface area contributed by atoms with Crippen LogP contribution < -0.4 is 4.74 Å². The second kappa shape index (κ2) is 5.67. The monoisotopic (exact) mass is 287 g/mol. The summed E-state index contributed by atoms with van der Waals surface area (Å²) in [4.78, 5) is 14.7. The van der Waals surface area contributed by atoms with Crippen molar-refractivity contribution in [1.29, 1.82) is 0 Å². The largest absolute Gasteiger partial charge is 0.497 e. The molecule has 1 saturated carbocycles. The third-order valence-electron chi connectivity index (χ3n) is 3.50. The normalized spacial score (nSPS) is 14.1. The Kier molecular flexibility index (Phi) is 3.74. The summed E-state index contributed by atoms with van der Waals surface area (Å²) in [6.07, 6.45) is 2.22. The zero-order valence-electron chi connectivity index (χ0n) is 11.4. The summed E-state index contributed by atoms with van der Waals surface area (Å²) in [7, 11) is 1.62. The van der Waals surface area contributed by atoms with Gasteiger partial charge in [0.2, 0.25) is 0 Å². The van der Waals surface area contributed by atoms with Crippen LogP contribution in [0.3, 0.4) is 0 Å². The van der Waals surface area contributed by atoms with E-state index in [1.54, 1.807) is 18.4 Å². The first-order valence-corrected chi connectivity index (χ1v) is 7.68. The van der Waals surface area contributed by atoms with Crippen LogP contribution >= 0.6 is 11.3 Å². The molecule has 0 unspecified atom stereocenters. The number of carbonyl (C=O) groups is 1. The van der Waals surface area contributed by atoms with Crippen molar-refractivity contribution in [3.8, 4) is 5.75 Å². The van der Waals surface area contributed by atoms with Crippen molar-refractivity contribution in [2.75, 3.05) is 7.11 Å². The summed E-state index contributed by atoms with van der Waals surface area (Å²) in [6, 6.07) is 9.87. The molecule has 104 valence electrons. The fraction of sp³-hybridized carbons (Fsp3) is 0.312. The van der Waals surface area contributed by atoms with Gasteiger partial charge in [-0.25, -0.2) is 0 Å². The third-order valence-corrected chi connectivity index (χ3v) is 4.23. The maximum Gasteiger partial charge on any atom is 0.254 e. The molecule has 3 rings (SSSR count). The van der Waals surface area contributed by atoms with Crippen molar-refractivity contribution in [3.63, 3.8) is 0 Å². The van der Waals surface area contributed by atoms with Gasteiger partial charge in [-0.15, -0.1) is 0 Å². The van der Waals surface area contributed by atoms with Gasteiger partial charge in [0.1, 0.15) is 5.75 Å². The van der Waals surface area contributed by atoms with E-state index >= 15 is 0 Å². The van der Waals surface area contributed by atoms with Crippen LogP contribution in [-0.2, 0) is 6.54 Å². The molecule has 0 atom stereocenters. The summed E-state index contributed by atoms with van der Waals surface area (Å²) in [6.45, 7) is 0.699. The van der Waals surface area contributed by atoms with Crippen molar-refractivity contribution in [2.45, 2.75) is 25.4 Å². The Hall–Kier alpha value is -1.81. The molecule has 1 amide bonds. The van der Waals surface area contributed by atoms with Crippen LogP contribution in [0, 0.1) is 0 Å². The quantitative estimate of drug-likeness (QED) is 0.841. The molecule has 20 heavy (non-hydrogen) atoms. The van der Waals surface area contributed by atoms with Gasteiger partial charge in [0.15, 0.2) is 0 Å². The molecule has 1 aromatic heterocycles. The Morgan fingerprint density at radius 3 is 2.90 bits per heavy atom. The minimum Gasteiger partial charge on any atom is -0.497 e. The minimum atomic E-state index is 0.0950. The molecule has 0 bridgehead atoms. The molecule has 0 N–H and O–H groups in total. The first-order chi connectivity index (χ1) is 9.78. The SMILES string of the molecule is COc1cccc(C(=O)N(Cc2ccsc2)C2CC2)c1. The summed E-state index contributed by atoms with van der Waals surface area (Å²) in [5, 5.41) is 4.16. The van der Waals surface area contributed by atoms with E-state index in [0.717, 1.165) is 18.6 Å². The topological polar surface area (TPSA) is 29.5 Å². The molecule has 0 spiro atoms. The van der Waals surface area contributed by atoms with Gasteiger partial charge in [0, 0.05) is 18.2 Å². The summed E-state index contributed by atoms with van der Waals surface area (Å²) in [5.41, 5.74) is 1.91. The van der Waals surface area contributed by atoms with E-state index in [4.69, 9.17) is 4.74 Å². The van der Waals surface area contributed by atoms with Crippen LogP contribution in [0.5, 0.6) is 5.75 Å². The predicted molar refractivity (Wildman–Crippen MR) is 80.2 cm³/mol. The van der Waals surface area contributed by atoms with Crippen LogP contribution in [-0.4, -0.2) is 24.0 Å². The molecule has 2 aromatic rings. The Morgan fingerprint density at radius 1 is 1.40 bits per heavy atom. The third kappa shape index (κ3) is 2.85. The van der Waals surface area contributed by atoms with E-state index in [1.807, 2.05) is 29.2 Å². The average Bonchev–Trinajstić information content (AvgIpc) is 3.20. The molecule has 1 heterocycles. The highest BCUT2D eigenvalue weighted by atomic mass is 32.1. The lowest BCUT2D eigenvalue weighted by Crippen LogP contribution is -2.32. The summed E-state index contributed by atoms with van der Waals surface area (Å²) in [5.74, 6) is 0.819. The highest BCUT2D eigenvalue weighted by Crippen LogP contribution is 2.30. The standard InChI is InChI=1S/C16H17NO2S/c1-19-15-4-2-3-13(9-15)16(18)17(14-5-6-14)10-12-7-8-20-11-12/h2-4,7-9,11,14H,5-6,10H2,1H3. The first kappa shape index (κ1) is 13.2. The second-order valence-corrected chi connectivity index (χ2v) is 5.81. The zero-order chi connectivity index (χ0) is 13.9. The second-order valence-electron chi connectivity index (χ2n) is 5.03. The van der Waals surface area contributed by atoms with Crippen LogP contribution in [0.25, 0.3) is 0 Å². The number of hydrogen-bond donors (Lipinski definition) is 0. The Morgan fingerprint density at radius 2 is 2.25 bits per heavy atom. The number of ether oxygens (including phenoxy) is 1. The Labute approximate surface area is 122 Å². The highest BCUT2D eigenvalue weighted by Gasteiger charge is 2.33. The fourth-order valence-electron chi connectivity index (χ4n) is 2.25. The lowest BCUT2D eigenvalue weighted by atomic mass is 10.1. The van der Waals surface area contributed by atoms with Gasteiger partial charge in [-0.2, -0.15) is 11.3 Å². The number of hydrogen-bond acceptors (Lipinski definition) is 3. The van der Waals surface area contributed by atoms with E-state index in [9.17, 15) is 4.79 Å². The number of carbonyl (C=O) groups excluding carboxylic acids is 1. The molecule has 1 fully saturated rings. The van der Waals surface area contributed by atoms with Gasteiger partial charge in [-0.3, -0.25) is 4.79 Å². The Bertz CT molecular complexity index is 590. The van der Waals surface area contributed by atoms with E-state index in [1.165, 1.54) is 5.56 Å². The lowest BCUT2D eigenvalue weighted by Gasteiger charge is -2.22. The average molecular weight is 287 g/mol. The fourth-order valence-corrected chi connectivity index (χ4v) is 2.91. The maximum atomic E-state index is 12.7. The predicted octanol–water partition coefficient (Wildman–Crippen LogP) is 3.56. The van der Waals surface area contributed by atoms with Crippen molar-refractivity contribution in [2.24, 2.45) is 0 Å². The van der Waals surface area contributed by atoms with Crippen LogP contribution in [0.4, 0.5) is 0 Å². The molecular formula is C16H17NO2S. The van der Waals surface area contributed by atoms with Crippen molar-refractivity contribution in [1.82, 2.24) is 4.90 Å². The number of rotatable bonds is 5.